The Hall–Kier alpha value is -3.03. The molecule has 6 nitrogen and oxygen atoms in total. The van der Waals surface area contributed by atoms with E-state index in [4.69, 9.17) is 4.74 Å². The largest absolute Gasteiger partial charge is 0.478 e. The second kappa shape index (κ2) is 6.70. The summed E-state index contributed by atoms with van der Waals surface area (Å²) in [6.07, 6.45) is 0. The lowest BCUT2D eigenvalue weighted by Gasteiger charge is -2.31. The van der Waals surface area contributed by atoms with Gasteiger partial charge in [-0.15, -0.1) is 0 Å². The van der Waals surface area contributed by atoms with E-state index in [0.717, 1.165) is 28.5 Å². The zero-order valence-corrected chi connectivity index (χ0v) is 14.1. The molecule has 2 aliphatic heterocycles. The van der Waals surface area contributed by atoms with E-state index in [1.54, 1.807) is 12.1 Å². The average molecular weight is 360 g/mol. The molecule has 3 heterocycles. The van der Waals surface area contributed by atoms with Crippen LogP contribution in [-0.4, -0.2) is 31.4 Å². The molecule has 136 valence electrons. The Labute approximate surface area is 149 Å². The second-order valence-electron chi connectivity index (χ2n) is 5.80. The molecule has 8 heteroatoms. The minimum absolute atomic E-state index is 0.123. The van der Waals surface area contributed by atoms with Gasteiger partial charge in [0.1, 0.15) is 11.6 Å². The normalized spacial score (nSPS) is 15.3. The molecule has 26 heavy (non-hydrogen) atoms. The predicted octanol–water partition coefficient (Wildman–Crippen LogP) is 3.05. The van der Waals surface area contributed by atoms with Gasteiger partial charge in [0.2, 0.25) is 5.88 Å². The number of hydrogen-bond acceptors (Lipinski definition) is 6. The molecule has 0 bridgehead atoms. The summed E-state index contributed by atoms with van der Waals surface area (Å²) < 4.78 is 34.7. The van der Waals surface area contributed by atoms with E-state index in [1.165, 1.54) is 12.1 Å². The molecule has 0 atom stereocenters. The lowest BCUT2D eigenvalue weighted by molar-refractivity contribution is -0.0498. The van der Waals surface area contributed by atoms with Crippen LogP contribution < -0.4 is 25.0 Å². The summed E-state index contributed by atoms with van der Waals surface area (Å²) in [5.74, 6) is 1.43. The summed E-state index contributed by atoms with van der Waals surface area (Å²) in [5.41, 5.74) is 3.89. The predicted molar refractivity (Wildman–Crippen MR) is 93.5 cm³/mol. The molecule has 2 aromatic rings. The number of rotatable bonds is 5. The van der Waals surface area contributed by atoms with Crippen molar-refractivity contribution in [3.8, 4) is 11.6 Å². The number of fused-ring (bicyclic) bond motifs is 2. The summed E-state index contributed by atoms with van der Waals surface area (Å²) in [7, 11) is 0. The minimum Gasteiger partial charge on any atom is -0.478 e. The molecular weight excluding hydrogens is 342 g/mol. The Morgan fingerprint density at radius 3 is 2.69 bits per heavy atom. The molecule has 0 spiro atoms. The highest BCUT2D eigenvalue weighted by molar-refractivity contribution is 5.84. The van der Waals surface area contributed by atoms with E-state index in [9.17, 15) is 8.78 Å². The van der Waals surface area contributed by atoms with Crippen LogP contribution >= 0.6 is 0 Å². The van der Waals surface area contributed by atoms with Crippen molar-refractivity contribution in [3.05, 3.63) is 47.7 Å². The maximum absolute atomic E-state index is 12.4. The lowest BCUT2D eigenvalue weighted by atomic mass is 10.1. The van der Waals surface area contributed by atoms with E-state index in [2.05, 4.69) is 20.4 Å². The highest BCUT2D eigenvalue weighted by Gasteiger charge is 2.29. The number of benzene rings is 1. The Morgan fingerprint density at radius 2 is 1.96 bits per heavy atom. The third kappa shape index (κ3) is 2.98. The molecule has 0 fully saturated rings. The molecular formula is C18H18F2N4O2. The number of anilines is 2. The fourth-order valence-electron chi connectivity index (χ4n) is 3.14. The number of pyridine rings is 1. The molecule has 4 rings (SSSR count). The Bertz CT molecular complexity index is 840. The van der Waals surface area contributed by atoms with Gasteiger partial charge in [0.05, 0.1) is 31.2 Å². The number of halogens is 2. The van der Waals surface area contributed by atoms with Crippen molar-refractivity contribution in [2.75, 3.05) is 24.7 Å². The summed E-state index contributed by atoms with van der Waals surface area (Å²) in [5, 5.41) is 6.65. The Morgan fingerprint density at radius 1 is 1.15 bits per heavy atom. The van der Waals surface area contributed by atoms with Crippen molar-refractivity contribution in [2.45, 2.75) is 13.5 Å². The fourth-order valence-corrected chi connectivity index (χ4v) is 3.14. The molecule has 2 aliphatic rings. The van der Waals surface area contributed by atoms with Gasteiger partial charge < -0.3 is 25.0 Å². The van der Waals surface area contributed by atoms with E-state index >= 15 is 0 Å². The highest BCUT2D eigenvalue weighted by Crippen LogP contribution is 2.38. The van der Waals surface area contributed by atoms with Crippen LogP contribution in [0.15, 0.2) is 42.1 Å². The molecule has 0 saturated heterocycles. The maximum Gasteiger partial charge on any atom is 0.387 e. The van der Waals surface area contributed by atoms with Gasteiger partial charge in [0, 0.05) is 17.3 Å². The van der Waals surface area contributed by atoms with Crippen molar-refractivity contribution in [3.63, 3.8) is 0 Å². The summed E-state index contributed by atoms with van der Waals surface area (Å²) in [6.45, 7) is 0.843. The summed E-state index contributed by atoms with van der Waals surface area (Å²) in [4.78, 5) is 6.66. The van der Waals surface area contributed by atoms with E-state index in [-0.39, 0.29) is 5.75 Å². The van der Waals surface area contributed by atoms with Crippen LogP contribution in [0.5, 0.6) is 11.6 Å². The maximum atomic E-state index is 12.4. The van der Waals surface area contributed by atoms with E-state index in [0.29, 0.717) is 25.7 Å². The van der Waals surface area contributed by atoms with Gasteiger partial charge in [-0.3, -0.25) is 0 Å². The van der Waals surface area contributed by atoms with Gasteiger partial charge in [-0.2, -0.15) is 13.8 Å². The third-order valence-electron chi connectivity index (χ3n) is 4.23. The molecule has 0 aliphatic carbocycles. The van der Waals surface area contributed by atoms with Crippen LogP contribution in [0.3, 0.4) is 0 Å². The van der Waals surface area contributed by atoms with Gasteiger partial charge in [0.15, 0.2) is 0 Å². The molecule has 0 amide bonds. The number of nitrogens with one attached hydrogen (secondary N) is 2. The number of aromatic nitrogens is 1. The lowest BCUT2D eigenvalue weighted by Crippen LogP contribution is -2.29. The van der Waals surface area contributed by atoms with Crippen LogP contribution in [0.1, 0.15) is 12.5 Å². The third-order valence-corrected chi connectivity index (χ3v) is 4.23. The first-order valence-electron chi connectivity index (χ1n) is 8.33. The minimum atomic E-state index is -2.84. The highest BCUT2D eigenvalue weighted by atomic mass is 19.3. The van der Waals surface area contributed by atoms with Crippen molar-refractivity contribution in [1.29, 1.82) is 0 Å². The zero-order valence-electron chi connectivity index (χ0n) is 14.1. The Balaban J connectivity index is 1.72. The standard InChI is InChI=1S/C18H18F2N4O2/c1-2-25-15-8-7-13-16-14(21-10-22-16)9-24(17(13)23-15)11-3-5-12(6-4-11)26-18(19)20/h3-8,18,21-22H,2,9-10H2,1H3. The van der Waals surface area contributed by atoms with Crippen LogP contribution in [0.25, 0.3) is 5.70 Å². The van der Waals surface area contributed by atoms with E-state index < -0.39 is 6.61 Å². The first kappa shape index (κ1) is 16.4. The first-order valence-corrected chi connectivity index (χ1v) is 8.33. The number of hydrogen-bond donors (Lipinski definition) is 2. The van der Waals surface area contributed by atoms with Crippen LogP contribution in [0.2, 0.25) is 0 Å². The summed E-state index contributed by atoms with van der Waals surface area (Å²) in [6, 6.07) is 10.4. The number of nitrogens with zero attached hydrogens (tertiary/aromatic N) is 2. The number of alkyl halides is 2. The topological polar surface area (TPSA) is 58.7 Å². The van der Waals surface area contributed by atoms with Crippen molar-refractivity contribution >= 4 is 17.2 Å². The van der Waals surface area contributed by atoms with Gasteiger partial charge >= 0.3 is 6.61 Å². The average Bonchev–Trinajstić information content (AvgIpc) is 3.10. The molecule has 1 aromatic carbocycles. The van der Waals surface area contributed by atoms with Gasteiger partial charge in [-0.1, -0.05) is 0 Å². The van der Waals surface area contributed by atoms with Gasteiger partial charge in [0.25, 0.3) is 0 Å². The smallest absolute Gasteiger partial charge is 0.387 e. The molecule has 1 aromatic heterocycles. The number of ether oxygens (including phenoxy) is 2. The fraction of sp³-hybridized carbons (Fsp3) is 0.278. The second-order valence-corrected chi connectivity index (χ2v) is 5.80. The monoisotopic (exact) mass is 360 g/mol. The first-order chi connectivity index (χ1) is 12.7. The molecule has 2 N–H and O–H groups in total. The molecule has 0 saturated carbocycles. The van der Waals surface area contributed by atoms with Crippen LogP contribution in [0.4, 0.5) is 20.3 Å². The van der Waals surface area contributed by atoms with Crippen molar-refractivity contribution in [2.24, 2.45) is 0 Å². The van der Waals surface area contributed by atoms with Gasteiger partial charge in [-0.25, -0.2) is 0 Å². The van der Waals surface area contributed by atoms with Crippen LogP contribution in [-0.2, 0) is 0 Å². The van der Waals surface area contributed by atoms with Crippen molar-refractivity contribution < 1.29 is 18.3 Å². The summed E-state index contributed by atoms with van der Waals surface area (Å²) >= 11 is 0. The van der Waals surface area contributed by atoms with Crippen molar-refractivity contribution in [1.82, 2.24) is 15.6 Å². The molecule has 0 radical (unpaired) electrons. The van der Waals surface area contributed by atoms with E-state index in [1.807, 2.05) is 24.0 Å². The van der Waals surface area contributed by atoms with Gasteiger partial charge in [-0.05, 0) is 37.3 Å². The quantitative estimate of drug-likeness (QED) is 0.855. The molecule has 0 unspecified atom stereocenters. The zero-order chi connectivity index (χ0) is 18.1. The van der Waals surface area contributed by atoms with Crippen LogP contribution in [0, 0.1) is 0 Å². The SMILES string of the molecule is CCOc1ccc2c(n1)N(c1ccc(OC(F)F)cc1)CC1=C2NCN1. The Kier molecular flexibility index (Phi) is 4.24.